The summed E-state index contributed by atoms with van der Waals surface area (Å²) in [6.07, 6.45) is 4.88. The van der Waals surface area contributed by atoms with Crippen molar-refractivity contribution in [2.45, 2.75) is 6.92 Å². The Hall–Kier alpha value is -3.42. The highest BCUT2D eigenvalue weighted by molar-refractivity contribution is 5.76. The van der Waals surface area contributed by atoms with E-state index in [2.05, 4.69) is 20.1 Å². The Kier molecular flexibility index (Phi) is 2.96. The number of imidazole rings is 1. The highest BCUT2D eigenvalue weighted by Gasteiger charge is 2.16. The molecule has 8 heteroatoms. The third-order valence-electron chi connectivity index (χ3n) is 4.12. The number of ether oxygens (including phenoxy) is 2. The lowest BCUT2D eigenvalue weighted by atomic mass is 10.2. The minimum Gasteiger partial charge on any atom is -0.486 e. The molecule has 4 aromatic rings. The predicted molar refractivity (Wildman–Crippen MR) is 89.5 cm³/mol. The summed E-state index contributed by atoms with van der Waals surface area (Å²) in [7, 11) is 0. The number of aryl methyl sites for hydroxylation is 1. The van der Waals surface area contributed by atoms with Crippen molar-refractivity contribution >= 4 is 11.2 Å². The van der Waals surface area contributed by atoms with Crippen LogP contribution in [-0.4, -0.2) is 42.5 Å². The summed E-state index contributed by atoms with van der Waals surface area (Å²) in [5, 5.41) is 4.13. The van der Waals surface area contributed by atoms with Crippen molar-refractivity contribution in [3.63, 3.8) is 0 Å². The Morgan fingerprint density at radius 2 is 1.92 bits per heavy atom. The van der Waals surface area contributed by atoms with Crippen molar-refractivity contribution in [1.29, 1.82) is 0 Å². The second-order valence-electron chi connectivity index (χ2n) is 5.70. The van der Waals surface area contributed by atoms with Crippen LogP contribution in [0.5, 0.6) is 11.5 Å². The molecule has 3 aromatic heterocycles. The molecule has 0 radical (unpaired) electrons. The van der Waals surface area contributed by atoms with Gasteiger partial charge in [0, 0.05) is 6.07 Å². The van der Waals surface area contributed by atoms with Gasteiger partial charge in [0.25, 0.3) is 0 Å². The van der Waals surface area contributed by atoms with E-state index in [0.29, 0.717) is 13.2 Å². The molecule has 0 bridgehead atoms. The van der Waals surface area contributed by atoms with Gasteiger partial charge in [0.1, 0.15) is 37.2 Å². The molecule has 5 rings (SSSR count). The third kappa shape index (κ3) is 2.22. The molecule has 0 saturated carbocycles. The van der Waals surface area contributed by atoms with E-state index in [1.54, 1.807) is 17.2 Å². The number of aromatic nitrogens is 6. The fraction of sp³-hybridized carbons (Fsp3) is 0.176. The number of rotatable bonds is 2. The minimum atomic E-state index is 0.555. The molecule has 8 nitrogen and oxygen atoms in total. The quantitative estimate of drug-likeness (QED) is 0.558. The topological polar surface area (TPSA) is 79.9 Å². The largest absolute Gasteiger partial charge is 0.486 e. The zero-order valence-corrected chi connectivity index (χ0v) is 13.5. The normalized spacial score (nSPS) is 13.3. The van der Waals surface area contributed by atoms with Crippen LogP contribution in [0.2, 0.25) is 0 Å². The third-order valence-corrected chi connectivity index (χ3v) is 4.12. The molecule has 1 aliphatic heterocycles. The molecule has 0 aliphatic carbocycles. The average Bonchev–Trinajstić information content (AvgIpc) is 3.27. The van der Waals surface area contributed by atoms with Crippen LogP contribution < -0.4 is 9.47 Å². The Labute approximate surface area is 142 Å². The average molecular weight is 334 g/mol. The van der Waals surface area contributed by atoms with Crippen LogP contribution >= 0.6 is 0 Å². The van der Waals surface area contributed by atoms with E-state index < -0.39 is 0 Å². The monoisotopic (exact) mass is 334 g/mol. The van der Waals surface area contributed by atoms with Crippen LogP contribution in [0, 0.1) is 6.92 Å². The van der Waals surface area contributed by atoms with Crippen LogP contribution in [0.15, 0.2) is 43.1 Å². The Morgan fingerprint density at radius 1 is 1.04 bits per heavy atom. The molecular weight excluding hydrogens is 320 g/mol. The first-order valence-corrected chi connectivity index (χ1v) is 7.90. The molecule has 0 saturated heterocycles. The number of pyridine rings is 1. The molecule has 0 atom stereocenters. The van der Waals surface area contributed by atoms with Crippen LogP contribution in [0.1, 0.15) is 5.82 Å². The second-order valence-corrected chi connectivity index (χ2v) is 5.70. The first-order chi connectivity index (χ1) is 12.3. The maximum atomic E-state index is 5.68. The van der Waals surface area contributed by atoms with E-state index in [4.69, 9.17) is 9.47 Å². The maximum absolute atomic E-state index is 5.68. The zero-order valence-electron chi connectivity index (χ0n) is 13.5. The predicted octanol–water partition coefficient (Wildman–Crippen LogP) is 2.08. The van der Waals surface area contributed by atoms with Crippen molar-refractivity contribution in [3.8, 4) is 22.9 Å². The minimum absolute atomic E-state index is 0.555. The van der Waals surface area contributed by atoms with Gasteiger partial charge in [0.05, 0.1) is 17.6 Å². The summed E-state index contributed by atoms with van der Waals surface area (Å²) in [6, 6.07) is 7.79. The molecule has 1 aromatic carbocycles. The fourth-order valence-electron chi connectivity index (χ4n) is 3.01. The Bertz CT molecular complexity index is 1070. The smallest absolute Gasteiger partial charge is 0.164 e. The SMILES string of the molecule is Cc1nc2cc(-n3cncn3)cnc2n1-c1ccc2c(c1)OCCO2. The van der Waals surface area contributed by atoms with Gasteiger partial charge in [-0.25, -0.2) is 19.6 Å². The molecule has 4 heterocycles. The molecule has 0 fully saturated rings. The highest BCUT2D eigenvalue weighted by atomic mass is 16.6. The van der Waals surface area contributed by atoms with E-state index in [0.717, 1.165) is 39.9 Å². The molecule has 1 aliphatic rings. The molecular formula is C17H14N6O2. The highest BCUT2D eigenvalue weighted by Crippen LogP contribution is 2.33. The Balaban J connectivity index is 1.65. The molecule has 124 valence electrons. The number of hydrogen-bond donors (Lipinski definition) is 0. The van der Waals surface area contributed by atoms with Crippen molar-refractivity contribution in [2.75, 3.05) is 13.2 Å². The number of fused-ring (bicyclic) bond motifs is 2. The van der Waals surface area contributed by atoms with Gasteiger partial charge in [-0.1, -0.05) is 0 Å². The number of nitrogens with zero attached hydrogens (tertiary/aromatic N) is 6. The van der Waals surface area contributed by atoms with Gasteiger partial charge in [0.2, 0.25) is 0 Å². The Morgan fingerprint density at radius 3 is 2.76 bits per heavy atom. The molecule has 0 N–H and O–H groups in total. The van der Waals surface area contributed by atoms with Crippen molar-refractivity contribution in [2.24, 2.45) is 0 Å². The lowest BCUT2D eigenvalue weighted by molar-refractivity contribution is 0.171. The molecule has 0 spiro atoms. The van der Waals surface area contributed by atoms with Gasteiger partial charge < -0.3 is 9.47 Å². The van der Waals surface area contributed by atoms with Gasteiger partial charge in [-0.05, 0) is 25.1 Å². The van der Waals surface area contributed by atoms with E-state index >= 15 is 0 Å². The fourth-order valence-corrected chi connectivity index (χ4v) is 3.01. The van der Waals surface area contributed by atoms with E-state index in [1.807, 2.05) is 35.8 Å². The summed E-state index contributed by atoms with van der Waals surface area (Å²) in [5.41, 5.74) is 3.32. The van der Waals surface area contributed by atoms with Crippen LogP contribution in [0.3, 0.4) is 0 Å². The van der Waals surface area contributed by atoms with E-state index in [9.17, 15) is 0 Å². The standard InChI is InChI=1S/C17H14N6O2/c1-11-21-14-6-13(22-10-18-9-20-22)8-19-17(14)23(11)12-2-3-15-16(7-12)25-5-4-24-15/h2-3,6-10H,4-5H2,1H3. The van der Waals surface area contributed by atoms with E-state index in [-0.39, 0.29) is 0 Å². The van der Waals surface area contributed by atoms with Gasteiger partial charge >= 0.3 is 0 Å². The summed E-state index contributed by atoms with van der Waals surface area (Å²) in [6.45, 7) is 3.08. The molecule has 0 unspecified atom stereocenters. The van der Waals surface area contributed by atoms with Crippen molar-refractivity contribution in [1.82, 2.24) is 29.3 Å². The van der Waals surface area contributed by atoms with Crippen molar-refractivity contribution in [3.05, 3.63) is 48.9 Å². The van der Waals surface area contributed by atoms with Gasteiger partial charge in [-0.2, -0.15) is 5.10 Å². The van der Waals surface area contributed by atoms with Crippen LogP contribution in [-0.2, 0) is 0 Å². The number of benzene rings is 1. The molecule has 0 amide bonds. The van der Waals surface area contributed by atoms with Gasteiger partial charge in [-0.15, -0.1) is 0 Å². The van der Waals surface area contributed by atoms with Crippen LogP contribution in [0.25, 0.3) is 22.5 Å². The van der Waals surface area contributed by atoms with Gasteiger partial charge in [-0.3, -0.25) is 4.57 Å². The zero-order chi connectivity index (χ0) is 16.8. The maximum Gasteiger partial charge on any atom is 0.164 e. The first-order valence-electron chi connectivity index (χ1n) is 7.90. The van der Waals surface area contributed by atoms with Gasteiger partial charge in [0.15, 0.2) is 17.1 Å². The second kappa shape index (κ2) is 5.30. The number of hydrogen-bond acceptors (Lipinski definition) is 6. The lowest BCUT2D eigenvalue weighted by Crippen LogP contribution is -2.15. The summed E-state index contributed by atoms with van der Waals surface area (Å²) < 4.78 is 14.9. The summed E-state index contributed by atoms with van der Waals surface area (Å²) in [4.78, 5) is 13.2. The molecule has 25 heavy (non-hydrogen) atoms. The summed E-state index contributed by atoms with van der Waals surface area (Å²) >= 11 is 0. The van der Waals surface area contributed by atoms with Crippen molar-refractivity contribution < 1.29 is 9.47 Å². The van der Waals surface area contributed by atoms with E-state index in [1.165, 1.54) is 6.33 Å². The lowest BCUT2D eigenvalue weighted by Gasteiger charge is -2.19. The first kappa shape index (κ1) is 14.0. The summed E-state index contributed by atoms with van der Waals surface area (Å²) in [5.74, 6) is 2.35. The van der Waals surface area contributed by atoms with Crippen LogP contribution in [0.4, 0.5) is 0 Å².